The quantitative estimate of drug-likeness (QED) is 0.0262. The van der Waals surface area contributed by atoms with E-state index in [1.807, 2.05) is 0 Å². The van der Waals surface area contributed by atoms with Crippen LogP contribution in [0.25, 0.3) is 0 Å². The fourth-order valence-corrected chi connectivity index (χ4v) is 7.40. The van der Waals surface area contributed by atoms with Crippen LogP contribution < -0.4 is 0 Å². The zero-order chi connectivity index (χ0) is 46.5. The van der Waals surface area contributed by atoms with Crippen LogP contribution in [-0.2, 0) is 28.6 Å². The molecule has 0 fully saturated rings. The van der Waals surface area contributed by atoms with Gasteiger partial charge in [-0.25, -0.2) is 0 Å². The van der Waals surface area contributed by atoms with Gasteiger partial charge in [-0.1, -0.05) is 222 Å². The number of carbonyl (C=O) groups excluding carboxylic acids is 3. The van der Waals surface area contributed by atoms with Gasteiger partial charge in [-0.15, -0.1) is 0 Å². The van der Waals surface area contributed by atoms with E-state index in [0.717, 1.165) is 109 Å². The van der Waals surface area contributed by atoms with Crippen molar-refractivity contribution in [3.63, 3.8) is 0 Å². The predicted octanol–water partition coefficient (Wildman–Crippen LogP) is 17.8. The molecule has 6 nitrogen and oxygen atoms in total. The van der Waals surface area contributed by atoms with Crippen molar-refractivity contribution >= 4 is 17.9 Å². The Morgan fingerprint density at radius 1 is 0.328 bits per heavy atom. The molecule has 64 heavy (non-hydrogen) atoms. The molecule has 1 atom stereocenters. The average Bonchev–Trinajstić information content (AvgIpc) is 3.29. The highest BCUT2D eigenvalue weighted by atomic mass is 16.6. The molecule has 0 amide bonds. The number of ether oxygens (including phenoxy) is 3. The lowest BCUT2D eigenvalue weighted by Crippen LogP contribution is -2.30. The Morgan fingerprint density at radius 3 is 0.969 bits per heavy atom. The zero-order valence-corrected chi connectivity index (χ0v) is 42.0. The summed E-state index contributed by atoms with van der Waals surface area (Å²) in [5.41, 5.74) is 0. The van der Waals surface area contributed by atoms with Crippen molar-refractivity contribution in [1.29, 1.82) is 0 Å². The Balaban J connectivity index is 4.23. The minimum Gasteiger partial charge on any atom is -0.462 e. The summed E-state index contributed by atoms with van der Waals surface area (Å²) in [6.07, 6.45) is 66.3. The monoisotopic (exact) mass is 893 g/mol. The fraction of sp³-hybridized carbons (Fsp3) is 0.741. The molecule has 0 heterocycles. The van der Waals surface area contributed by atoms with Crippen LogP contribution in [-0.4, -0.2) is 37.2 Å². The maximum absolute atomic E-state index is 12.8. The molecule has 0 aliphatic heterocycles. The maximum Gasteiger partial charge on any atom is 0.306 e. The lowest BCUT2D eigenvalue weighted by atomic mass is 10.1. The van der Waals surface area contributed by atoms with Crippen LogP contribution in [0.3, 0.4) is 0 Å². The second-order valence-corrected chi connectivity index (χ2v) is 17.8. The highest BCUT2D eigenvalue weighted by Crippen LogP contribution is 2.15. The van der Waals surface area contributed by atoms with E-state index in [1.165, 1.54) is 109 Å². The number of hydrogen-bond donors (Lipinski definition) is 0. The SMILES string of the molecule is CC/C=C\C/C=C\C/C=C\C/C=C\C/C=C\CCCCCCCC(=O)OCC(COC(=O)CCCCCCCC)OC(=O)CCCCCCCCCCC/C=C\CCCCCCCC. The minimum atomic E-state index is -0.781. The summed E-state index contributed by atoms with van der Waals surface area (Å²) in [5.74, 6) is -0.910. The van der Waals surface area contributed by atoms with Crippen molar-refractivity contribution in [2.45, 2.75) is 264 Å². The van der Waals surface area contributed by atoms with E-state index in [-0.39, 0.29) is 31.1 Å². The van der Waals surface area contributed by atoms with E-state index in [2.05, 4.69) is 93.7 Å². The van der Waals surface area contributed by atoms with Gasteiger partial charge in [0.05, 0.1) is 0 Å². The standard InChI is InChI=1S/C58H100O6/c1-4-7-10-13-16-18-20-22-24-26-28-29-31-32-34-36-38-40-42-45-48-51-57(60)63-54-55(53-62-56(59)50-47-44-15-12-9-6-3)64-58(61)52-49-46-43-41-39-37-35-33-30-27-25-23-21-19-17-14-11-8-5-2/h7,10,16,18,22-25,28-29,32,34,55H,4-6,8-9,11-15,17,19-21,26-27,30-31,33,35-54H2,1-3H3/b10-7-,18-16-,24-22-,25-23-,29-28-,34-32-. The van der Waals surface area contributed by atoms with Crippen LogP contribution in [0, 0.1) is 0 Å². The van der Waals surface area contributed by atoms with Crippen LogP contribution >= 0.6 is 0 Å². The molecule has 0 aromatic rings. The number of allylic oxidation sites excluding steroid dienone is 12. The number of unbranched alkanes of at least 4 members (excludes halogenated alkanes) is 25. The normalized spacial score (nSPS) is 12.6. The number of carbonyl (C=O) groups is 3. The van der Waals surface area contributed by atoms with Gasteiger partial charge in [0.2, 0.25) is 0 Å². The maximum atomic E-state index is 12.8. The van der Waals surface area contributed by atoms with E-state index in [9.17, 15) is 14.4 Å². The Labute approximate surface area is 395 Å². The van der Waals surface area contributed by atoms with Crippen molar-refractivity contribution in [2.75, 3.05) is 13.2 Å². The van der Waals surface area contributed by atoms with Gasteiger partial charge in [0.15, 0.2) is 6.10 Å². The Bertz CT molecular complexity index is 1210. The number of esters is 3. The van der Waals surface area contributed by atoms with Crippen LogP contribution in [0.15, 0.2) is 72.9 Å². The molecule has 0 saturated carbocycles. The van der Waals surface area contributed by atoms with Gasteiger partial charge < -0.3 is 14.2 Å². The number of rotatable bonds is 48. The van der Waals surface area contributed by atoms with Crippen LogP contribution in [0.2, 0.25) is 0 Å². The highest BCUT2D eigenvalue weighted by molar-refractivity contribution is 5.71. The summed E-state index contributed by atoms with van der Waals surface area (Å²) >= 11 is 0. The van der Waals surface area contributed by atoms with Gasteiger partial charge >= 0.3 is 17.9 Å². The summed E-state index contributed by atoms with van der Waals surface area (Å²) in [6, 6.07) is 0. The van der Waals surface area contributed by atoms with Crippen LogP contribution in [0.1, 0.15) is 258 Å². The molecule has 0 aromatic carbocycles. The van der Waals surface area contributed by atoms with Crippen molar-refractivity contribution < 1.29 is 28.6 Å². The summed E-state index contributed by atoms with van der Waals surface area (Å²) in [5, 5.41) is 0. The van der Waals surface area contributed by atoms with E-state index < -0.39 is 6.10 Å². The molecule has 0 bridgehead atoms. The highest BCUT2D eigenvalue weighted by Gasteiger charge is 2.19. The minimum absolute atomic E-state index is 0.0823. The molecular weight excluding hydrogens is 793 g/mol. The molecule has 0 spiro atoms. The van der Waals surface area contributed by atoms with Gasteiger partial charge in [-0.05, 0) is 89.9 Å². The van der Waals surface area contributed by atoms with Gasteiger partial charge in [0, 0.05) is 19.3 Å². The third-order valence-corrected chi connectivity index (χ3v) is 11.4. The third kappa shape index (κ3) is 49.9. The van der Waals surface area contributed by atoms with Crippen molar-refractivity contribution in [3.8, 4) is 0 Å². The summed E-state index contributed by atoms with van der Waals surface area (Å²) in [4.78, 5) is 37.8. The van der Waals surface area contributed by atoms with Gasteiger partial charge in [0.25, 0.3) is 0 Å². The summed E-state index contributed by atoms with van der Waals surface area (Å²) < 4.78 is 16.7. The number of hydrogen-bond acceptors (Lipinski definition) is 6. The molecule has 6 heteroatoms. The van der Waals surface area contributed by atoms with E-state index in [4.69, 9.17) is 14.2 Å². The lowest BCUT2D eigenvalue weighted by Gasteiger charge is -2.18. The van der Waals surface area contributed by atoms with E-state index in [1.54, 1.807) is 0 Å². The first-order chi connectivity index (χ1) is 31.5. The smallest absolute Gasteiger partial charge is 0.306 e. The van der Waals surface area contributed by atoms with Gasteiger partial charge in [-0.2, -0.15) is 0 Å². The molecule has 0 aromatic heterocycles. The molecule has 0 rings (SSSR count). The fourth-order valence-electron chi connectivity index (χ4n) is 7.40. The second kappa shape index (κ2) is 52.5. The summed E-state index contributed by atoms with van der Waals surface area (Å²) in [6.45, 7) is 6.45. The molecular formula is C58H100O6. The lowest BCUT2D eigenvalue weighted by molar-refractivity contribution is -0.167. The van der Waals surface area contributed by atoms with Crippen molar-refractivity contribution in [1.82, 2.24) is 0 Å². The van der Waals surface area contributed by atoms with E-state index >= 15 is 0 Å². The van der Waals surface area contributed by atoms with E-state index in [0.29, 0.717) is 19.3 Å². The zero-order valence-electron chi connectivity index (χ0n) is 42.0. The largest absolute Gasteiger partial charge is 0.462 e. The first kappa shape index (κ1) is 60.9. The molecule has 0 N–H and O–H groups in total. The second-order valence-electron chi connectivity index (χ2n) is 17.8. The molecule has 1 unspecified atom stereocenters. The molecule has 0 radical (unpaired) electrons. The molecule has 368 valence electrons. The van der Waals surface area contributed by atoms with Gasteiger partial charge in [0.1, 0.15) is 13.2 Å². The first-order valence-electron chi connectivity index (χ1n) is 26.9. The molecule has 0 aliphatic rings. The molecule has 0 aliphatic carbocycles. The Kier molecular flexibility index (Phi) is 49.9. The average molecular weight is 893 g/mol. The third-order valence-electron chi connectivity index (χ3n) is 11.4. The van der Waals surface area contributed by atoms with Crippen LogP contribution in [0.4, 0.5) is 0 Å². The first-order valence-corrected chi connectivity index (χ1v) is 26.9. The predicted molar refractivity (Wildman–Crippen MR) is 274 cm³/mol. The van der Waals surface area contributed by atoms with Crippen LogP contribution in [0.5, 0.6) is 0 Å². The topological polar surface area (TPSA) is 78.9 Å². The Hall–Kier alpha value is -3.15. The van der Waals surface area contributed by atoms with Crippen molar-refractivity contribution in [2.24, 2.45) is 0 Å². The molecule has 0 saturated heterocycles. The summed E-state index contributed by atoms with van der Waals surface area (Å²) in [7, 11) is 0. The Morgan fingerprint density at radius 2 is 0.609 bits per heavy atom. The van der Waals surface area contributed by atoms with Crippen molar-refractivity contribution in [3.05, 3.63) is 72.9 Å². The van der Waals surface area contributed by atoms with Gasteiger partial charge in [-0.3, -0.25) is 14.4 Å².